The summed E-state index contributed by atoms with van der Waals surface area (Å²) in [6.07, 6.45) is 4.27. The zero-order chi connectivity index (χ0) is 16.6. The minimum absolute atomic E-state index is 0.174. The van der Waals surface area contributed by atoms with Gasteiger partial charge < -0.3 is 15.0 Å². The van der Waals surface area contributed by atoms with E-state index in [1.807, 2.05) is 0 Å². The Morgan fingerprint density at radius 3 is 2.74 bits per heavy atom. The number of anilines is 1. The zero-order valence-electron chi connectivity index (χ0n) is 13.5. The lowest BCUT2D eigenvalue weighted by molar-refractivity contribution is -0.0519. The lowest BCUT2D eigenvalue weighted by atomic mass is 9.83. The molecule has 1 N–H and O–H groups in total. The molecule has 1 saturated heterocycles. The van der Waals surface area contributed by atoms with E-state index in [2.05, 4.69) is 28.8 Å². The molecule has 0 bridgehead atoms. The van der Waals surface area contributed by atoms with Crippen molar-refractivity contribution >= 4 is 5.69 Å². The largest absolute Gasteiger partial charge is 0.429 e. The van der Waals surface area contributed by atoms with Crippen LogP contribution in [-0.2, 0) is 0 Å². The molecule has 2 aliphatic rings. The molecule has 0 amide bonds. The Balaban J connectivity index is 1.99. The number of nitrogens with one attached hydrogen (secondary N) is 1. The van der Waals surface area contributed by atoms with Crippen molar-refractivity contribution in [3.05, 3.63) is 24.0 Å². The van der Waals surface area contributed by atoms with Crippen molar-refractivity contribution in [1.29, 1.82) is 0 Å². The van der Waals surface area contributed by atoms with Crippen LogP contribution < -0.4 is 15.0 Å². The molecule has 1 heterocycles. The fraction of sp³-hybridized carbons (Fsp3) is 0.647. The molecule has 1 saturated carbocycles. The third-order valence-electron chi connectivity index (χ3n) is 4.73. The number of piperazine rings is 1. The molecule has 0 spiro atoms. The second-order valence-corrected chi connectivity index (χ2v) is 7.08. The van der Waals surface area contributed by atoms with Gasteiger partial charge in [-0.3, -0.25) is 0 Å². The monoisotopic (exact) mass is 328 g/mol. The van der Waals surface area contributed by atoms with Crippen molar-refractivity contribution in [2.24, 2.45) is 0 Å². The van der Waals surface area contributed by atoms with E-state index in [1.165, 1.54) is 0 Å². The summed E-state index contributed by atoms with van der Waals surface area (Å²) in [4.78, 5) is 2.06. The van der Waals surface area contributed by atoms with Gasteiger partial charge in [-0.25, -0.2) is 4.39 Å². The molecule has 2 atom stereocenters. The normalized spacial score (nSPS) is 27.0. The topological polar surface area (TPSA) is 24.5 Å². The predicted octanol–water partition coefficient (Wildman–Crippen LogP) is 3.93. The maximum Gasteiger partial charge on any atom is 0.387 e. The Bertz CT molecular complexity index is 565. The standard InChI is InChI=1S/C17H23F3N2O/c1-17(2)10-22(13-8-4-3-7-12(13)21-17)14-9-5-6-11(18)15(14)23-16(19)20/h5-6,9,12-13,16,21H,3-4,7-8,10H2,1-2H3. The van der Waals surface area contributed by atoms with E-state index in [-0.39, 0.29) is 23.4 Å². The summed E-state index contributed by atoms with van der Waals surface area (Å²) in [6.45, 7) is 1.75. The molecule has 2 fully saturated rings. The highest BCUT2D eigenvalue weighted by atomic mass is 19.3. The van der Waals surface area contributed by atoms with Crippen LogP contribution in [0, 0.1) is 5.82 Å². The molecule has 3 nitrogen and oxygen atoms in total. The Hall–Kier alpha value is -1.43. The first-order valence-electron chi connectivity index (χ1n) is 8.15. The molecule has 23 heavy (non-hydrogen) atoms. The summed E-state index contributed by atoms with van der Waals surface area (Å²) < 4.78 is 44.0. The molecule has 1 aliphatic carbocycles. The Kier molecular flexibility index (Phi) is 4.45. The second-order valence-electron chi connectivity index (χ2n) is 7.08. The minimum atomic E-state index is -3.04. The van der Waals surface area contributed by atoms with E-state index in [1.54, 1.807) is 12.1 Å². The van der Waals surface area contributed by atoms with Crippen LogP contribution in [0.1, 0.15) is 39.5 Å². The molecule has 2 unspecified atom stereocenters. The van der Waals surface area contributed by atoms with Gasteiger partial charge in [0.25, 0.3) is 0 Å². The smallest absolute Gasteiger partial charge is 0.387 e. The number of ether oxygens (including phenoxy) is 1. The summed E-state index contributed by atoms with van der Waals surface area (Å²) in [5.41, 5.74) is 0.254. The SMILES string of the molecule is CC1(C)CN(c2cccc(F)c2OC(F)F)C2CCCCC2N1. The van der Waals surface area contributed by atoms with E-state index in [0.717, 1.165) is 31.7 Å². The average molecular weight is 328 g/mol. The van der Waals surface area contributed by atoms with Crippen molar-refractivity contribution < 1.29 is 17.9 Å². The van der Waals surface area contributed by atoms with Crippen LogP contribution in [0.15, 0.2) is 18.2 Å². The maximum absolute atomic E-state index is 14.1. The lowest BCUT2D eigenvalue weighted by Gasteiger charge is -2.52. The van der Waals surface area contributed by atoms with Crippen LogP contribution in [0.2, 0.25) is 0 Å². The third kappa shape index (κ3) is 3.42. The number of benzene rings is 1. The van der Waals surface area contributed by atoms with Gasteiger partial charge in [-0.05, 0) is 38.8 Å². The van der Waals surface area contributed by atoms with Crippen molar-refractivity contribution in [2.45, 2.75) is 63.8 Å². The molecule has 128 valence electrons. The number of fused-ring (bicyclic) bond motifs is 1. The van der Waals surface area contributed by atoms with Crippen LogP contribution in [-0.4, -0.2) is 30.8 Å². The molecular weight excluding hydrogens is 305 g/mol. The number of hydrogen-bond acceptors (Lipinski definition) is 3. The number of halogens is 3. The molecule has 1 aromatic rings. The van der Waals surface area contributed by atoms with Crippen molar-refractivity contribution in [1.82, 2.24) is 5.32 Å². The van der Waals surface area contributed by atoms with E-state index in [4.69, 9.17) is 0 Å². The van der Waals surface area contributed by atoms with Crippen LogP contribution in [0.3, 0.4) is 0 Å². The maximum atomic E-state index is 14.1. The molecule has 0 aromatic heterocycles. The molecule has 1 aliphatic heterocycles. The first-order valence-corrected chi connectivity index (χ1v) is 8.15. The van der Waals surface area contributed by atoms with Gasteiger partial charge in [-0.15, -0.1) is 0 Å². The van der Waals surface area contributed by atoms with E-state index in [9.17, 15) is 13.2 Å². The summed E-state index contributed by atoms with van der Waals surface area (Å²) in [6, 6.07) is 4.85. The zero-order valence-corrected chi connectivity index (χ0v) is 13.5. The molecule has 0 radical (unpaired) electrons. The first-order chi connectivity index (χ1) is 10.9. The van der Waals surface area contributed by atoms with Crippen LogP contribution >= 0.6 is 0 Å². The first kappa shape index (κ1) is 16.4. The summed E-state index contributed by atoms with van der Waals surface area (Å²) in [7, 11) is 0. The highest BCUT2D eigenvalue weighted by Crippen LogP contribution is 2.39. The molecule has 3 rings (SSSR count). The molecule has 1 aromatic carbocycles. The van der Waals surface area contributed by atoms with Crippen LogP contribution in [0.5, 0.6) is 5.75 Å². The van der Waals surface area contributed by atoms with Gasteiger partial charge in [-0.1, -0.05) is 18.9 Å². The predicted molar refractivity (Wildman–Crippen MR) is 83.6 cm³/mol. The Morgan fingerprint density at radius 1 is 1.26 bits per heavy atom. The number of alkyl halides is 2. The number of hydrogen-bond donors (Lipinski definition) is 1. The highest BCUT2D eigenvalue weighted by Gasteiger charge is 2.41. The Morgan fingerprint density at radius 2 is 2.00 bits per heavy atom. The van der Waals surface area contributed by atoms with Crippen LogP contribution in [0.4, 0.5) is 18.9 Å². The number of para-hydroxylation sites is 1. The summed E-state index contributed by atoms with van der Waals surface area (Å²) in [5.74, 6) is -1.09. The fourth-order valence-corrected chi connectivity index (χ4v) is 3.94. The minimum Gasteiger partial charge on any atom is -0.429 e. The van der Waals surface area contributed by atoms with Crippen molar-refractivity contribution in [3.8, 4) is 5.75 Å². The van der Waals surface area contributed by atoms with Gasteiger partial charge in [-0.2, -0.15) is 8.78 Å². The van der Waals surface area contributed by atoms with E-state index >= 15 is 0 Å². The van der Waals surface area contributed by atoms with Crippen molar-refractivity contribution in [3.63, 3.8) is 0 Å². The van der Waals surface area contributed by atoms with Gasteiger partial charge in [0.05, 0.1) is 5.69 Å². The van der Waals surface area contributed by atoms with Crippen molar-refractivity contribution in [2.75, 3.05) is 11.4 Å². The van der Waals surface area contributed by atoms with Gasteiger partial charge in [0.1, 0.15) is 0 Å². The second kappa shape index (κ2) is 6.23. The lowest BCUT2D eigenvalue weighted by Crippen LogP contribution is -2.67. The van der Waals surface area contributed by atoms with Gasteiger partial charge >= 0.3 is 6.61 Å². The Labute approximate surface area is 134 Å². The summed E-state index contributed by atoms with van der Waals surface area (Å²) >= 11 is 0. The third-order valence-corrected chi connectivity index (χ3v) is 4.73. The van der Waals surface area contributed by atoms with E-state index in [0.29, 0.717) is 12.2 Å². The van der Waals surface area contributed by atoms with Gasteiger partial charge in [0, 0.05) is 24.2 Å². The van der Waals surface area contributed by atoms with Gasteiger partial charge in [0.2, 0.25) is 0 Å². The fourth-order valence-electron chi connectivity index (χ4n) is 3.94. The molecular formula is C17H23F3N2O. The average Bonchev–Trinajstić information content (AvgIpc) is 2.47. The van der Waals surface area contributed by atoms with E-state index < -0.39 is 12.4 Å². The van der Waals surface area contributed by atoms with Gasteiger partial charge in [0.15, 0.2) is 11.6 Å². The highest BCUT2D eigenvalue weighted by molar-refractivity contribution is 5.61. The quantitative estimate of drug-likeness (QED) is 0.910. The molecule has 6 heteroatoms. The summed E-state index contributed by atoms with van der Waals surface area (Å²) in [5, 5.41) is 3.64. The number of nitrogens with zero attached hydrogens (tertiary/aromatic N) is 1. The number of rotatable bonds is 3. The van der Waals surface area contributed by atoms with Crippen LogP contribution in [0.25, 0.3) is 0 Å².